The maximum atomic E-state index is 12.4. The molecule has 0 unspecified atom stereocenters. The van der Waals surface area contributed by atoms with Crippen LogP contribution >= 0.6 is 12.2 Å². The van der Waals surface area contributed by atoms with E-state index < -0.39 is 0 Å². The van der Waals surface area contributed by atoms with E-state index in [-0.39, 0.29) is 11.7 Å². The van der Waals surface area contributed by atoms with Crippen molar-refractivity contribution in [3.8, 4) is 0 Å². The molecule has 5 nitrogen and oxygen atoms in total. The van der Waals surface area contributed by atoms with Gasteiger partial charge >= 0.3 is 5.69 Å². The molecule has 0 atom stereocenters. The van der Waals surface area contributed by atoms with Crippen LogP contribution in [0.1, 0.15) is 18.9 Å². The molecular formula is C19H20N4OS. The van der Waals surface area contributed by atoms with Gasteiger partial charge in [-0.25, -0.2) is 4.79 Å². The lowest BCUT2D eigenvalue weighted by Crippen LogP contribution is -2.42. The van der Waals surface area contributed by atoms with Crippen molar-refractivity contribution in [3.05, 3.63) is 65.1 Å². The summed E-state index contributed by atoms with van der Waals surface area (Å²) in [5.41, 5.74) is 2.86. The second-order valence-corrected chi connectivity index (χ2v) is 6.72. The number of nitrogens with one attached hydrogen (secondary N) is 2. The number of rotatable bonds is 2. The molecule has 1 aliphatic heterocycles. The van der Waals surface area contributed by atoms with Crippen LogP contribution < -0.4 is 11.0 Å². The van der Waals surface area contributed by atoms with E-state index in [0.717, 1.165) is 47.8 Å². The summed E-state index contributed by atoms with van der Waals surface area (Å²) in [4.78, 5) is 17.5. The fraction of sp³-hybridized carbons (Fsp3) is 0.263. The Balaban J connectivity index is 1.45. The molecule has 2 N–H and O–H groups in total. The molecule has 1 fully saturated rings. The molecule has 25 heavy (non-hydrogen) atoms. The monoisotopic (exact) mass is 352 g/mol. The number of para-hydroxylation sites is 3. The molecule has 0 amide bonds. The molecule has 2 heterocycles. The Morgan fingerprint density at radius 2 is 1.72 bits per heavy atom. The first-order chi connectivity index (χ1) is 12.2. The van der Waals surface area contributed by atoms with E-state index in [1.807, 2.05) is 59.2 Å². The standard InChI is InChI=1S/C19H20N4OS/c24-18-21-16-8-4-5-9-17(16)23(18)15-10-12-22(13-11-15)19(25)20-14-6-2-1-3-7-14/h1-9,15H,10-13H2,(H,20,25)(H,21,24). The number of hydrogen-bond acceptors (Lipinski definition) is 2. The lowest BCUT2D eigenvalue weighted by atomic mass is 10.0. The summed E-state index contributed by atoms with van der Waals surface area (Å²) in [7, 11) is 0. The molecule has 128 valence electrons. The van der Waals surface area contributed by atoms with Crippen LogP contribution in [0.3, 0.4) is 0 Å². The molecule has 0 aliphatic carbocycles. The fourth-order valence-corrected chi connectivity index (χ4v) is 3.79. The van der Waals surface area contributed by atoms with Crippen LogP contribution in [0.2, 0.25) is 0 Å². The van der Waals surface area contributed by atoms with Crippen LogP contribution in [0.15, 0.2) is 59.4 Å². The number of aromatic nitrogens is 2. The van der Waals surface area contributed by atoms with Gasteiger partial charge in [-0.05, 0) is 49.3 Å². The van der Waals surface area contributed by atoms with Crippen LogP contribution in [0.5, 0.6) is 0 Å². The first-order valence-corrected chi connectivity index (χ1v) is 8.93. The summed E-state index contributed by atoms with van der Waals surface area (Å²) in [6, 6.07) is 18.0. The van der Waals surface area contributed by atoms with Crippen molar-refractivity contribution < 1.29 is 0 Å². The van der Waals surface area contributed by atoms with Crippen LogP contribution in [0.25, 0.3) is 11.0 Å². The van der Waals surface area contributed by atoms with E-state index in [2.05, 4.69) is 15.2 Å². The van der Waals surface area contributed by atoms with Crippen molar-refractivity contribution in [2.45, 2.75) is 18.9 Å². The number of imidazole rings is 1. The van der Waals surface area contributed by atoms with E-state index in [9.17, 15) is 4.79 Å². The third-order valence-corrected chi connectivity index (χ3v) is 5.13. The average molecular weight is 352 g/mol. The molecule has 2 aromatic carbocycles. The number of H-pyrrole nitrogens is 1. The predicted octanol–water partition coefficient (Wildman–Crippen LogP) is 3.36. The summed E-state index contributed by atoms with van der Waals surface area (Å²) in [6.45, 7) is 1.69. The molecule has 1 saturated heterocycles. The topological polar surface area (TPSA) is 53.1 Å². The Hall–Kier alpha value is -2.60. The van der Waals surface area contributed by atoms with Crippen LogP contribution in [0.4, 0.5) is 5.69 Å². The molecule has 1 aliphatic rings. The Labute approximate surface area is 151 Å². The van der Waals surface area contributed by atoms with E-state index in [4.69, 9.17) is 12.2 Å². The molecule has 6 heteroatoms. The summed E-state index contributed by atoms with van der Waals surface area (Å²) >= 11 is 5.54. The molecule has 1 aromatic heterocycles. The highest BCUT2D eigenvalue weighted by molar-refractivity contribution is 7.80. The van der Waals surface area contributed by atoms with Crippen molar-refractivity contribution in [2.75, 3.05) is 18.4 Å². The third kappa shape index (κ3) is 3.17. The number of hydrogen-bond donors (Lipinski definition) is 2. The highest BCUT2D eigenvalue weighted by Crippen LogP contribution is 2.25. The normalized spacial score (nSPS) is 15.4. The molecule has 0 radical (unpaired) electrons. The largest absolute Gasteiger partial charge is 0.349 e. The zero-order valence-electron chi connectivity index (χ0n) is 13.8. The lowest BCUT2D eigenvalue weighted by molar-refractivity contribution is 0.269. The van der Waals surface area contributed by atoms with Gasteiger partial charge in [-0.15, -0.1) is 0 Å². The van der Waals surface area contributed by atoms with Crippen molar-refractivity contribution in [2.24, 2.45) is 0 Å². The van der Waals surface area contributed by atoms with E-state index in [1.165, 1.54) is 0 Å². The van der Waals surface area contributed by atoms with Gasteiger partial charge in [-0.2, -0.15) is 0 Å². The summed E-state index contributed by atoms with van der Waals surface area (Å²) in [5.74, 6) is 0. The van der Waals surface area contributed by atoms with E-state index in [0.29, 0.717) is 0 Å². The van der Waals surface area contributed by atoms with Gasteiger partial charge in [0.15, 0.2) is 5.11 Å². The van der Waals surface area contributed by atoms with Gasteiger partial charge in [0, 0.05) is 24.8 Å². The molecule has 0 spiro atoms. The van der Waals surface area contributed by atoms with Gasteiger partial charge in [0.2, 0.25) is 0 Å². The number of piperidine rings is 1. The predicted molar refractivity (Wildman–Crippen MR) is 105 cm³/mol. The smallest absolute Gasteiger partial charge is 0.326 e. The van der Waals surface area contributed by atoms with E-state index in [1.54, 1.807) is 0 Å². The number of fused-ring (bicyclic) bond motifs is 1. The van der Waals surface area contributed by atoms with Crippen molar-refractivity contribution in [1.29, 1.82) is 0 Å². The van der Waals surface area contributed by atoms with E-state index >= 15 is 0 Å². The van der Waals surface area contributed by atoms with Crippen molar-refractivity contribution in [1.82, 2.24) is 14.5 Å². The Kier molecular flexibility index (Phi) is 4.28. The average Bonchev–Trinajstić information content (AvgIpc) is 2.98. The summed E-state index contributed by atoms with van der Waals surface area (Å²) in [5, 5.41) is 4.03. The van der Waals surface area contributed by atoms with Crippen molar-refractivity contribution >= 4 is 34.1 Å². The molecule has 4 rings (SSSR count). The van der Waals surface area contributed by atoms with Crippen LogP contribution in [-0.4, -0.2) is 32.7 Å². The van der Waals surface area contributed by atoms with Gasteiger partial charge in [0.25, 0.3) is 0 Å². The van der Waals surface area contributed by atoms with Gasteiger partial charge in [-0.3, -0.25) is 4.57 Å². The minimum Gasteiger partial charge on any atom is -0.349 e. The highest BCUT2D eigenvalue weighted by atomic mass is 32.1. The zero-order valence-corrected chi connectivity index (χ0v) is 14.6. The Morgan fingerprint density at radius 3 is 2.48 bits per heavy atom. The number of thiocarbonyl (C=S) groups is 1. The second-order valence-electron chi connectivity index (χ2n) is 6.33. The lowest BCUT2D eigenvalue weighted by Gasteiger charge is -2.34. The van der Waals surface area contributed by atoms with Crippen LogP contribution in [-0.2, 0) is 0 Å². The maximum Gasteiger partial charge on any atom is 0.326 e. The quantitative estimate of drug-likeness (QED) is 0.695. The number of aromatic amines is 1. The molecule has 0 saturated carbocycles. The number of nitrogens with zero attached hydrogens (tertiary/aromatic N) is 2. The Bertz CT molecular complexity index is 939. The zero-order chi connectivity index (χ0) is 17.2. The van der Waals surface area contributed by atoms with Gasteiger partial charge in [0.05, 0.1) is 11.0 Å². The van der Waals surface area contributed by atoms with Crippen LogP contribution in [0, 0.1) is 0 Å². The number of anilines is 1. The first kappa shape index (κ1) is 15.9. The van der Waals surface area contributed by atoms with Gasteiger partial charge < -0.3 is 15.2 Å². The van der Waals surface area contributed by atoms with Gasteiger partial charge in [-0.1, -0.05) is 30.3 Å². The minimum atomic E-state index is -0.0235. The summed E-state index contributed by atoms with van der Waals surface area (Å²) in [6.07, 6.45) is 1.80. The second kappa shape index (κ2) is 6.72. The SMILES string of the molecule is O=c1[nH]c2ccccc2n1C1CCN(C(=S)Nc2ccccc2)CC1. The fourth-order valence-electron chi connectivity index (χ4n) is 3.49. The first-order valence-electron chi connectivity index (χ1n) is 8.52. The maximum absolute atomic E-state index is 12.4. The minimum absolute atomic E-state index is 0.0235. The number of benzene rings is 2. The van der Waals surface area contributed by atoms with Gasteiger partial charge in [0.1, 0.15) is 0 Å². The number of likely N-dealkylation sites (tertiary alicyclic amines) is 1. The third-order valence-electron chi connectivity index (χ3n) is 4.77. The molecule has 0 bridgehead atoms. The molecular weight excluding hydrogens is 332 g/mol. The van der Waals surface area contributed by atoms with Crippen molar-refractivity contribution in [3.63, 3.8) is 0 Å². The Morgan fingerprint density at radius 1 is 1.04 bits per heavy atom. The summed E-state index contributed by atoms with van der Waals surface area (Å²) < 4.78 is 1.90. The molecule has 3 aromatic rings. The highest BCUT2D eigenvalue weighted by Gasteiger charge is 2.24.